The molecule has 0 N–H and O–H groups in total. The van der Waals surface area contributed by atoms with Gasteiger partial charge in [-0.05, 0) is 31.9 Å². The third-order valence-corrected chi connectivity index (χ3v) is 3.17. The van der Waals surface area contributed by atoms with E-state index >= 15 is 0 Å². The highest BCUT2D eigenvalue weighted by Crippen LogP contribution is 2.18. The van der Waals surface area contributed by atoms with Gasteiger partial charge in [-0.1, -0.05) is 50.6 Å². The van der Waals surface area contributed by atoms with Gasteiger partial charge in [0.25, 0.3) is 0 Å². The molecular formula is C15H25N. The summed E-state index contributed by atoms with van der Waals surface area (Å²) in [6.45, 7) is 8.75. The molecule has 1 aliphatic rings. The van der Waals surface area contributed by atoms with E-state index in [9.17, 15) is 0 Å². The second-order valence-electron chi connectivity index (χ2n) is 4.30. The lowest BCUT2D eigenvalue weighted by molar-refractivity contribution is 0.152. The summed E-state index contributed by atoms with van der Waals surface area (Å²) < 4.78 is 0. The first kappa shape index (κ1) is 13.2. The Labute approximate surface area is 100 Å². The van der Waals surface area contributed by atoms with Crippen molar-refractivity contribution in [1.29, 1.82) is 0 Å². The molecule has 16 heavy (non-hydrogen) atoms. The van der Waals surface area contributed by atoms with E-state index in [0.717, 1.165) is 12.6 Å². The fourth-order valence-electron chi connectivity index (χ4n) is 2.21. The fraction of sp³-hybridized carbons (Fsp3) is 0.600. The van der Waals surface area contributed by atoms with Gasteiger partial charge in [0.15, 0.2) is 0 Å². The summed E-state index contributed by atoms with van der Waals surface area (Å²) in [5, 5.41) is 0. The smallest absolute Gasteiger partial charge is 0.0236 e. The molecule has 1 fully saturated rings. The molecule has 0 aromatic heterocycles. The lowest BCUT2D eigenvalue weighted by Crippen LogP contribution is -2.36. The van der Waals surface area contributed by atoms with Crippen LogP contribution in [0.4, 0.5) is 0 Å². The molecule has 1 heteroatoms. The number of rotatable bonds is 2. The molecule has 0 spiro atoms. The maximum atomic E-state index is 2.60. The van der Waals surface area contributed by atoms with Crippen LogP contribution in [0.15, 0.2) is 30.3 Å². The number of piperidine rings is 1. The molecule has 90 valence electrons. The van der Waals surface area contributed by atoms with E-state index in [-0.39, 0.29) is 0 Å². The first-order valence-corrected chi connectivity index (χ1v) is 6.64. The largest absolute Gasteiger partial charge is 0.296 e. The van der Waals surface area contributed by atoms with Crippen molar-refractivity contribution in [3.8, 4) is 0 Å². The molecule has 1 aromatic rings. The van der Waals surface area contributed by atoms with Crippen LogP contribution < -0.4 is 0 Å². The van der Waals surface area contributed by atoms with Gasteiger partial charge in [0.2, 0.25) is 0 Å². The number of benzene rings is 1. The van der Waals surface area contributed by atoms with Crippen LogP contribution in [0.25, 0.3) is 0 Å². The van der Waals surface area contributed by atoms with Crippen LogP contribution in [0.5, 0.6) is 0 Å². The van der Waals surface area contributed by atoms with Gasteiger partial charge >= 0.3 is 0 Å². The molecule has 1 saturated heterocycles. The van der Waals surface area contributed by atoms with Crippen molar-refractivity contribution < 1.29 is 0 Å². The summed E-state index contributed by atoms with van der Waals surface area (Å²) in [6.07, 6.45) is 4.15. The van der Waals surface area contributed by atoms with Crippen LogP contribution in [-0.4, -0.2) is 17.5 Å². The first-order chi connectivity index (χ1) is 7.86. The minimum Gasteiger partial charge on any atom is -0.296 e. The molecular weight excluding hydrogens is 194 g/mol. The quantitative estimate of drug-likeness (QED) is 0.724. The van der Waals surface area contributed by atoms with Crippen molar-refractivity contribution in [3.05, 3.63) is 35.9 Å². The second-order valence-corrected chi connectivity index (χ2v) is 4.30. The predicted octanol–water partition coefficient (Wildman–Crippen LogP) is 4.09. The number of likely N-dealkylation sites (tertiary alicyclic amines) is 1. The molecule has 0 aliphatic carbocycles. The van der Waals surface area contributed by atoms with Crippen LogP contribution in [0.2, 0.25) is 0 Å². The van der Waals surface area contributed by atoms with Gasteiger partial charge in [-0.25, -0.2) is 0 Å². The lowest BCUT2D eigenvalue weighted by Gasteiger charge is -2.33. The normalized spacial score (nSPS) is 21.1. The van der Waals surface area contributed by atoms with E-state index in [1.54, 1.807) is 0 Å². The Kier molecular flexibility index (Phi) is 6.17. The topological polar surface area (TPSA) is 3.24 Å². The number of hydrogen-bond acceptors (Lipinski definition) is 1. The van der Waals surface area contributed by atoms with Crippen molar-refractivity contribution >= 4 is 0 Å². The van der Waals surface area contributed by atoms with E-state index in [1.807, 2.05) is 13.8 Å². The fourth-order valence-corrected chi connectivity index (χ4v) is 2.21. The van der Waals surface area contributed by atoms with Gasteiger partial charge in [0.1, 0.15) is 0 Å². The van der Waals surface area contributed by atoms with Crippen LogP contribution in [0.3, 0.4) is 0 Å². The van der Waals surface area contributed by atoms with Crippen molar-refractivity contribution in [2.75, 3.05) is 6.54 Å². The maximum Gasteiger partial charge on any atom is 0.0236 e. The molecule has 0 saturated carbocycles. The lowest BCUT2D eigenvalue weighted by atomic mass is 10.0. The van der Waals surface area contributed by atoms with E-state index in [4.69, 9.17) is 0 Å². The van der Waals surface area contributed by atoms with E-state index in [2.05, 4.69) is 42.2 Å². The van der Waals surface area contributed by atoms with Crippen LogP contribution >= 0.6 is 0 Å². The third kappa shape index (κ3) is 3.97. The molecule has 1 heterocycles. The summed E-state index contributed by atoms with van der Waals surface area (Å²) in [5.41, 5.74) is 1.45. The van der Waals surface area contributed by atoms with Crippen molar-refractivity contribution in [3.63, 3.8) is 0 Å². The van der Waals surface area contributed by atoms with Gasteiger partial charge in [-0.2, -0.15) is 0 Å². The highest BCUT2D eigenvalue weighted by molar-refractivity contribution is 5.14. The molecule has 1 atom stereocenters. The minimum atomic E-state index is 0.768. The molecule has 0 radical (unpaired) electrons. The summed E-state index contributed by atoms with van der Waals surface area (Å²) in [4.78, 5) is 2.60. The molecule has 1 unspecified atom stereocenters. The van der Waals surface area contributed by atoms with Gasteiger partial charge in [-0.3, -0.25) is 4.90 Å². The van der Waals surface area contributed by atoms with E-state index < -0.39 is 0 Å². The molecule has 1 aromatic carbocycles. The van der Waals surface area contributed by atoms with E-state index in [1.165, 1.54) is 31.4 Å². The first-order valence-electron chi connectivity index (χ1n) is 6.64. The predicted molar refractivity (Wildman–Crippen MR) is 71.5 cm³/mol. The molecule has 1 nitrogen and oxygen atoms in total. The zero-order valence-corrected chi connectivity index (χ0v) is 10.9. The Balaban J connectivity index is 0.000000606. The number of hydrogen-bond donors (Lipinski definition) is 0. The summed E-state index contributed by atoms with van der Waals surface area (Å²) >= 11 is 0. The van der Waals surface area contributed by atoms with Gasteiger partial charge in [-0.15, -0.1) is 0 Å². The average molecular weight is 219 g/mol. The van der Waals surface area contributed by atoms with Crippen molar-refractivity contribution in [2.45, 2.75) is 52.6 Å². The third-order valence-electron chi connectivity index (χ3n) is 3.17. The van der Waals surface area contributed by atoms with Crippen LogP contribution in [-0.2, 0) is 6.54 Å². The monoisotopic (exact) mass is 219 g/mol. The maximum absolute atomic E-state index is 2.60. The van der Waals surface area contributed by atoms with Crippen molar-refractivity contribution in [1.82, 2.24) is 4.90 Å². The zero-order chi connectivity index (χ0) is 11.8. The van der Waals surface area contributed by atoms with Crippen molar-refractivity contribution in [2.24, 2.45) is 0 Å². The van der Waals surface area contributed by atoms with Crippen LogP contribution in [0.1, 0.15) is 45.6 Å². The zero-order valence-electron chi connectivity index (χ0n) is 10.9. The number of nitrogens with zero attached hydrogens (tertiary/aromatic N) is 1. The Hall–Kier alpha value is -0.820. The Bertz CT molecular complexity index is 268. The molecule has 0 amide bonds. The second kappa shape index (κ2) is 7.45. The molecule has 0 bridgehead atoms. The van der Waals surface area contributed by atoms with Gasteiger partial charge < -0.3 is 0 Å². The van der Waals surface area contributed by atoms with Crippen LogP contribution in [0, 0.1) is 0 Å². The summed E-state index contributed by atoms with van der Waals surface area (Å²) in [7, 11) is 0. The van der Waals surface area contributed by atoms with Gasteiger partial charge in [0.05, 0.1) is 0 Å². The molecule has 2 rings (SSSR count). The molecule has 1 aliphatic heterocycles. The highest BCUT2D eigenvalue weighted by atomic mass is 15.2. The Morgan fingerprint density at radius 2 is 1.81 bits per heavy atom. The summed E-state index contributed by atoms with van der Waals surface area (Å²) in [5.74, 6) is 0. The highest BCUT2D eigenvalue weighted by Gasteiger charge is 2.17. The summed E-state index contributed by atoms with van der Waals surface area (Å²) in [6, 6.07) is 11.6. The SMILES string of the molecule is CC.CC1CCCCN1Cc1ccccc1. The van der Waals surface area contributed by atoms with E-state index in [0.29, 0.717) is 0 Å². The Morgan fingerprint density at radius 3 is 2.44 bits per heavy atom. The van der Waals surface area contributed by atoms with Gasteiger partial charge in [0, 0.05) is 12.6 Å². The Morgan fingerprint density at radius 1 is 1.12 bits per heavy atom. The standard InChI is InChI=1S/C13H19N.C2H6/c1-12-7-5-6-10-14(12)11-13-8-3-2-4-9-13;1-2/h2-4,8-9,12H,5-7,10-11H2,1H3;1-2H3. The average Bonchev–Trinajstić information content (AvgIpc) is 2.36. The minimum absolute atomic E-state index is 0.768.